The van der Waals surface area contributed by atoms with Crippen molar-refractivity contribution < 1.29 is 13.9 Å². The molecule has 0 radical (unpaired) electrons. The zero-order valence-corrected chi connectivity index (χ0v) is 13.5. The number of benzene rings is 1. The Kier molecular flexibility index (Phi) is 3.70. The minimum absolute atomic E-state index is 0.120. The number of hydrogen-bond acceptors (Lipinski definition) is 4. The molecule has 1 N–H and O–H groups in total. The number of carbonyl (C=O) groups excluding carboxylic acids is 1. The van der Waals surface area contributed by atoms with Gasteiger partial charge in [-0.05, 0) is 43.9 Å². The first kappa shape index (κ1) is 15.1. The molecule has 2 saturated carbocycles. The van der Waals surface area contributed by atoms with Crippen LogP contribution in [0.25, 0.3) is 0 Å². The highest BCUT2D eigenvalue weighted by Gasteiger charge is 2.36. The van der Waals surface area contributed by atoms with Gasteiger partial charge in [0.15, 0.2) is 17.4 Å². The summed E-state index contributed by atoms with van der Waals surface area (Å²) in [5.74, 6) is 1.59. The van der Waals surface area contributed by atoms with E-state index in [0.717, 1.165) is 24.5 Å². The fourth-order valence-electron chi connectivity index (χ4n) is 2.88. The van der Waals surface area contributed by atoms with Crippen molar-refractivity contribution >= 4 is 5.91 Å². The fourth-order valence-corrected chi connectivity index (χ4v) is 2.88. The molecule has 24 heavy (non-hydrogen) atoms. The van der Waals surface area contributed by atoms with Crippen LogP contribution in [0, 0.1) is 5.82 Å². The molecule has 1 heterocycles. The molecule has 7 heteroatoms. The average molecular weight is 330 g/mol. The molecule has 1 aromatic carbocycles. The second-order valence-electron chi connectivity index (χ2n) is 6.38. The molecule has 6 nitrogen and oxygen atoms in total. The maximum atomic E-state index is 13.7. The quantitative estimate of drug-likeness (QED) is 0.884. The van der Waals surface area contributed by atoms with Crippen molar-refractivity contribution in [3.63, 3.8) is 0 Å². The molecule has 2 aromatic rings. The molecule has 1 amide bonds. The molecule has 0 bridgehead atoms. The van der Waals surface area contributed by atoms with Crippen molar-refractivity contribution in [1.82, 2.24) is 20.1 Å². The molecule has 2 aliphatic rings. The van der Waals surface area contributed by atoms with Gasteiger partial charge in [-0.25, -0.2) is 4.39 Å². The van der Waals surface area contributed by atoms with E-state index in [1.54, 1.807) is 6.07 Å². The summed E-state index contributed by atoms with van der Waals surface area (Å²) >= 11 is 0. The van der Waals surface area contributed by atoms with Crippen LogP contribution in [0.3, 0.4) is 0 Å². The molecule has 1 aromatic heterocycles. The predicted octanol–water partition coefficient (Wildman–Crippen LogP) is 2.57. The monoisotopic (exact) mass is 330 g/mol. The van der Waals surface area contributed by atoms with E-state index < -0.39 is 5.82 Å². The van der Waals surface area contributed by atoms with E-state index in [2.05, 4.69) is 20.1 Å². The molecule has 2 aliphatic carbocycles. The van der Waals surface area contributed by atoms with Crippen molar-refractivity contribution in [1.29, 1.82) is 0 Å². The summed E-state index contributed by atoms with van der Waals surface area (Å²) in [7, 11) is 1.39. The maximum Gasteiger partial charge on any atom is 0.251 e. The molecule has 0 atom stereocenters. The zero-order valence-electron chi connectivity index (χ0n) is 13.5. The van der Waals surface area contributed by atoms with Gasteiger partial charge in [0.05, 0.1) is 13.7 Å². The van der Waals surface area contributed by atoms with E-state index in [1.807, 2.05) is 0 Å². The second-order valence-corrected chi connectivity index (χ2v) is 6.38. The SMILES string of the molecule is COc1ccc(C(=O)NCc2nnc(C3CC3)n2C2CC2)cc1F. The normalized spacial score (nSPS) is 16.9. The highest BCUT2D eigenvalue weighted by Crippen LogP contribution is 2.44. The number of methoxy groups -OCH3 is 1. The van der Waals surface area contributed by atoms with E-state index >= 15 is 0 Å². The number of amides is 1. The topological polar surface area (TPSA) is 69.0 Å². The van der Waals surface area contributed by atoms with Crippen LogP contribution in [0.2, 0.25) is 0 Å². The smallest absolute Gasteiger partial charge is 0.251 e. The molecule has 4 rings (SSSR count). The third-order valence-corrected chi connectivity index (χ3v) is 4.47. The third-order valence-electron chi connectivity index (χ3n) is 4.47. The Bertz CT molecular complexity index is 781. The van der Waals surface area contributed by atoms with Crippen LogP contribution in [-0.2, 0) is 6.54 Å². The summed E-state index contributed by atoms with van der Waals surface area (Å²) in [5.41, 5.74) is 0.258. The van der Waals surface area contributed by atoms with Crippen molar-refractivity contribution in [2.24, 2.45) is 0 Å². The van der Waals surface area contributed by atoms with Crippen LogP contribution in [0.1, 0.15) is 59.6 Å². The Morgan fingerprint density at radius 3 is 2.75 bits per heavy atom. The first-order valence-electron chi connectivity index (χ1n) is 8.22. The molecule has 126 valence electrons. The van der Waals surface area contributed by atoms with Gasteiger partial charge in [0.25, 0.3) is 5.91 Å². The van der Waals surface area contributed by atoms with Crippen molar-refractivity contribution in [3.05, 3.63) is 41.2 Å². The first-order valence-corrected chi connectivity index (χ1v) is 8.22. The van der Waals surface area contributed by atoms with Gasteiger partial charge in [-0.15, -0.1) is 10.2 Å². The number of hydrogen-bond donors (Lipinski definition) is 1. The maximum absolute atomic E-state index is 13.7. The van der Waals surface area contributed by atoms with Crippen LogP contribution in [0.15, 0.2) is 18.2 Å². The summed E-state index contributed by atoms with van der Waals surface area (Å²) in [6.45, 7) is 0.294. The zero-order chi connectivity index (χ0) is 16.7. The number of halogens is 1. The molecule has 0 unspecified atom stereocenters. The van der Waals surface area contributed by atoms with E-state index in [-0.39, 0.29) is 17.2 Å². The van der Waals surface area contributed by atoms with Crippen LogP contribution < -0.4 is 10.1 Å². The first-order chi connectivity index (χ1) is 11.7. The van der Waals surface area contributed by atoms with Gasteiger partial charge in [0.1, 0.15) is 5.82 Å². The highest BCUT2D eigenvalue weighted by atomic mass is 19.1. The largest absolute Gasteiger partial charge is 0.494 e. The van der Waals surface area contributed by atoms with E-state index in [0.29, 0.717) is 18.5 Å². The second kappa shape index (κ2) is 5.89. The Hall–Kier alpha value is -2.44. The minimum Gasteiger partial charge on any atom is -0.494 e. The van der Waals surface area contributed by atoms with Gasteiger partial charge >= 0.3 is 0 Å². The van der Waals surface area contributed by atoms with Crippen LogP contribution >= 0.6 is 0 Å². The Morgan fingerprint density at radius 2 is 2.12 bits per heavy atom. The van der Waals surface area contributed by atoms with Crippen molar-refractivity contribution in [3.8, 4) is 5.75 Å². The number of rotatable bonds is 6. The fraction of sp³-hybridized carbons (Fsp3) is 0.471. The lowest BCUT2D eigenvalue weighted by Crippen LogP contribution is -2.25. The average Bonchev–Trinajstić information content (AvgIpc) is 3.51. The van der Waals surface area contributed by atoms with E-state index in [4.69, 9.17) is 4.74 Å². The summed E-state index contributed by atoms with van der Waals surface area (Å²) in [5, 5.41) is 11.4. The molecule has 0 saturated heterocycles. The number of aromatic nitrogens is 3. The highest BCUT2D eigenvalue weighted by molar-refractivity contribution is 5.94. The Balaban J connectivity index is 1.47. The lowest BCUT2D eigenvalue weighted by molar-refractivity contribution is 0.0949. The van der Waals surface area contributed by atoms with Gasteiger partial charge in [0, 0.05) is 17.5 Å². The summed E-state index contributed by atoms with van der Waals surface area (Å²) in [6, 6.07) is 4.64. The van der Waals surface area contributed by atoms with Gasteiger partial charge in [-0.3, -0.25) is 4.79 Å². The lowest BCUT2D eigenvalue weighted by Gasteiger charge is -2.10. The van der Waals surface area contributed by atoms with Gasteiger partial charge in [-0.1, -0.05) is 0 Å². The number of carbonyl (C=O) groups is 1. The van der Waals surface area contributed by atoms with Gasteiger partial charge in [0.2, 0.25) is 0 Å². The lowest BCUT2D eigenvalue weighted by atomic mass is 10.2. The number of nitrogens with one attached hydrogen (secondary N) is 1. The Morgan fingerprint density at radius 1 is 1.33 bits per heavy atom. The predicted molar refractivity (Wildman–Crippen MR) is 84.4 cm³/mol. The number of nitrogens with zero attached hydrogens (tertiary/aromatic N) is 3. The van der Waals surface area contributed by atoms with E-state index in [1.165, 1.54) is 32.1 Å². The van der Waals surface area contributed by atoms with Crippen molar-refractivity contribution in [2.45, 2.75) is 44.2 Å². The summed E-state index contributed by atoms with van der Waals surface area (Å²) in [6.07, 6.45) is 4.62. The molecule has 0 aliphatic heterocycles. The summed E-state index contributed by atoms with van der Waals surface area (Å²) in [4.78, 5) is 12.2. The van der Waals surface area contributed by atoms with Crippen LogP contribution in [0.4, 0.5) is 4.39 Å². The minimum atomic E-state index is -0.553. The number of ether oxygens (including phenoxy) is 1. The molecule has 0 spiro atoms. The molecular formula is C17H19FN4O2. The molecule has 2 fully saturated rings. The van der Waals surface area contributed by atoms with Crippen LogP contribution in [-0.4, -0.2) is 27.8 Å². The van der Waals surface area contributed by atoms with Crippen molar-refractivity contribution in [2.75, 3.05) is 7.11 Å². The van der Waals surface area contributed by atoms with Gasteiger partial charge in [-0.2, -0.15) is 0 Å². The van der Waals surface area contributed by atoms with E-state index in [9.17, 15) is 9.18 Å². The van der Waals surface area contributed by atoms with Gasteiger partial charge < -0.3 is 14.6 Å². The third kappa shape index (κ3) is 2.86. The standard InChI is InChI=1S/C17H19FN4O2/c1-24-14-7-4-11(8-13(14)18)17(23)19-9-15-20-21-16(10-2-3-10)22(15)12-5-6-12/h4,7-8,10,12H,2-3,5-6,9H2,1H3,(H,19,23). The Labute approximate surface area is 139 Å². The summed E-state index contributed by atoms with van der Waals surface area (Å²) < 4.78 is 20.8. The van der Waals surface area contributed by atoms with Crippen LogP contribution in [0.5, 0.6) is 5.75 Å². The molecular weight excluding hydrogens is 311 g/mol.